The fourth-order valence-corrected chi connectivity index (χ4v) is 6.35. The van der Waals surface area contributed by atoms with Crippen molar-refractivity contribution in [1.82, 2.24) is 25.8 Å². The van der Waals surface area contributed by atoms with E-state index in [0.717, 1.165) is 28.8 Å². The van der Waals surface area contributed by atoms with E-state index in [4.69, 9.17) is 27.9 Å². The molecule has 3 N–H and O–H groups in total. The number of rotatable bonds is 10. The minimum absolute atomic E-state index is 0.0693. The summed E-state index contributed by atoms with van der Waals surface area (Å²) < 4.78 is 47.5. The van der Waals surface area contributed by atoms with Crippen LogP contribution in [0.25, 0.3) is 0 Å². The van der Waals surface area contributed by atoms with Gasteiger partial charge in [-0.3, -0.25) is 25.1 Å². The average molecular weight is 705 g/mol. The second-order valence-corrected chi connectivity index (χ2v) is 12.9. The summed E-state index contributed by atoms with van der Waals surface area (Å²) in [5.74, 6) is -0.596. The first-order valence-corrected chi connectivity index (χ1v) is 16.4. The summed E-state index contributed by atoms with van der Waals surface area (Å²) in [7, 11) is 0. The highest BCUT2D eigenvalue weighted by Crippen LogP contribution is 2.46. The normalized spacial score (nSPS) is 21.6. The lowest BCUT2D eigenvalue weighted by molar-refractivity contribution is -0.141. The van der Waals surface area contributed by atoms with E-state index < -0.39 is 29.5 Å². The van der Waals surface area contributed by atoms with Crippen molar-refractivity contribution in [1.29, 1.82) is 0 Å². The van der Waals surface area contributed by atoms with Gasteiger partial charge < -0.3 is 15.0 Å². The lowest BCUT2D eigenvalue weighted by Crippen LogP contribution is -2.62. The number of halogens is 5. The van der Waals surface area contributed by atoms with Crippen LogP contribution >= 0.6 is 23.2 Å². The molecule has 2 amide bonds. The summed E-state index contributed by atoms with van der Waals surface area (Å²) in [6, 6.07) is 16.5. The van der Waals surface area contributed by atoms with Crippen LogP contribution in [0.15, 0.2) is 78.9 Å². The molecule has 0 aliphatic carbocycles. The molecule has 2 aliphatic heterocycles. The van der Waals surface area contributed by atoms with Crippen LogP contribution in [0.4, 0.5) is 13.2 Å². The van der Waals surface area contributed by atoms with E-state index in [9.17, 15) is 22.8 Å². The van der Waals surface area contributed by atoms with E-state index in [1.165, 1.54) is 6.07 Å². The summed E-state index contributed by atoms with van der Waals surface area (Å²) in [5.41, 5.74) is 0.0689. The van der Waals surface area contributed by atoms with Gasteiger partial charge in [-0.2, -0.15) is 13.2 Å². The van der Waals surface area contributed by atoms with E-state index in [1.807, 2.05) is 36.1 Å². The number of hydrogen-bond acceptors (Lipinski definition) is 6. The maximum atomic E-state index is 14.9. The number of benzene rings is 3. The molecule has 256 valence electrons. The summed E-state index contributed by atoms with van der Waals surface area (Å²) in [5, 5.41) is 10.9. The van der Waals surface area contributed by atoms with Gasteiger partial charge in [0.2, 0.25) is 5.91 Å². The zero-order valence-corrected chi connectivity index (χ0v) is 28.2. The Bertz CT molecular complexity index is 1570. The molecule has 48 heavy (non-hydrogen) atoms. The second kappa shape index (κ2) is 14.9. The Labute approximate surface area is 288 Å². The van der Waals surface area contributed by atoms with Crippen LogP contribution in [-0.4, -0.2) is 67.5 Å². The molecule has 2 aliphatic rings. The number of hydrogen-bond donors (Lipinski definition) is 3. The highest BCUT2D eigenvalue weighted by atomic mass is 35.5. The van der Waals surface area contributed by atoms with E-state index >= 15 is 0 Å². The Morgan fingerprint density at radius 3 is 1.96 bits per heavy atom. The predicted molar refractivity (Wildman–Crippen MR) is 180 cm³/mol. The highest BCUT2D eigenvalue weighted by molar-refractivity contribution is 6.30. The molecular formula is C35H38Cl2F3N5O3. The molecule has 2 atom stereocenters. The van der Waals surface area contributed by atoms with Crippen molar-refractivity contribution in [2.75, 3.05) is 45.9 Å². The quantitative estimate of drug-likeness (QED) is 0.222. The van der Waals surface area contributed by atoms with Crippen molar-refractivity contribution >= 4 is 35.0 Å². The lowest BCUT2D eigenvalue weighted by atomic mass is 9.94. The minimum Gasteiger partial charge on any atom is -0.493 e. The van der Waals surface area contributed by atoms with Gasteiger partial charge in [0.25, 0.3) is 5.91 Å². The fraction of sp³-hybridized carbons (Fsp3) is 0.371. The number of nitrogens with one attached hydrogen (secondary N) is 3. The largest absolute Gasteiger partial charge is 0.493 e. The first-order chi connectivity index (χ1) is 22.8. The maximum absolute atomic E-state index is 14.9. The van der Waals surface area contributed by atoms with E-state index in [1.54, 1.807) is 36.1 Å². The molecule has 2 fully saturated rings. The summed E-state index contributed by atoms with van der Waals surface area (Å²) >= 11 is 12.4. The maximum Gasteiger partial charge on any atom is 0.416 e. The van der Waals surface area contributed by atoms with Crippen molar-refractivity contribution in [3.63, 3.8) is 0 Å². The standard InChI is InChI=1S/C35H38Cl2F3N5O3/c1-4-48-29-19-25(35(38,39)40)9-14-28(29)34(33(47)45-17-15-44(16-18-45)21-30(46)41-20-22(2)3)42-31(23-5-10-26(36)11-6-23)32(43-34)24-7-12-27(37)13-8-24/h5-14,19,31-32,42-43H,2,4,15-18,20-21H2,1,3H3,(H,41,46). The summed E-state index contributed by atoms with van der Waals surface area (Å²) in [4.78, 5) is 31.0. The van der Waals surface area contributed by atoms with Crippen LogP contribution in [0.2, 0.25) is 10.0 Å². The van der Waals surface area contributed by atoms with Gasteiger partial charge in [0.1, 0.15) is 5.75 Å². The Kier molecular flexibility index (Phi) is 11.1. The van der Waals surface area contributed by atoms with Crippen molar-refractivity contribution in [2.24, 2.45) is 0 Å². The fourth-order valence-electron chi connectivity index (χ4n) is 6.10. The van der Waals surface area contributed by atoms with Crippen LogP contribution in [0.3, 0.4) is 0 Å². The lowest BCUT2D eigenvalue weighted by Gasteiger charge is -2.40. The third-order valence-corrected chi connectivity index (χ3v) is 8.99. The smallest absolute Gasteiger partial charge is 0.416 e. The average Bonchev–Trinajstić information content (AvgIpc) is 3.46. The third kappa shape index (κ3) is 7.98. The first kappa shape index (κ1) is 35.7. The van der Waals surface area contributed by atoms with Gasteiger partial charge in [0.15, 0.2) is 5.66 Å². The number of carbonyl (C=O) groups is 2. The monoisotopic (exact) mass is 703 g/mol. The Hall–Kier alpha value is -3.61. The summed E-state index contributed by atoms with van der Waals surface area (Å²) in [6.45, 7) is 9.37. The van der Waals surface area contributed by atoms with Gasteiger partial charge in [-0.15, -0.1) is 0 Å². The molecule has 13 heteroatoms. The van der Waals surface area contributed by atoms with Crippen LogP contribution in [0.1, 0.15) is 48.2 Å². The topological polar surface area (TPSA) is 85.9 Å². The van der Waals surface area contributed by atoms with Gasteiger partial charge in [0, 0.05) is 48.3 Å². The molecule has 8 nitrogen and oxygen atoms in total. The van der Waals surface area contributed by atoms with Crippen LogP contribution in [0.5, 0.6) is 5.75 Å². The minimum atomic E-state index is -4.62. The molecule has 0 spiro atoms. The van der Waals surface area contributed by atoms with Crippen LogP contribution in [0, 0.1) is 0 Å². The number of piperazine rings is 1. The van der Waals surface area contributed by atoms with Crippen molar-refractivity contribution in [3.8, 4) is 5.75 Å². The number of ether oxygens (including phenoxy) is 1. The number of alkyl halides is 3. The van der Waals surface area contributed by atoms with E-state index in [2.05, 4.69) is 22.5 Å². The molecule has 0 radical (unpaired) electrons. The zero-order chi connectivity index (χ0) is 34.6. The molecule has 3 aromatic carbocycles. The Balaban J connectivity index is 1.55. The Morgan fingerprint density at radius 2 is 1.48 bits per heavy atom. The molecule has 2 saturated heterocycles. The molecule has 3 aromatic rings. The first-order valence-electron chi connectivity index (χ1n) is 15.6. The van der Waals surface area contributed by atoms with E-state index in [0.29, 0.717) is 42.8 Å². The van der Waals surface area contributed by atoms with Crippen LogP contribution in [-0.2, 0) is 21.4 Å². The molecule has 2 unspecified atom stereocenters. The molecule has 0 bridgehead atoms. The zero-order valence-electron chi connectivity index (χ0n) is 26.7. The molecule has 5 rings (SSSR count). The number of amides is 2. The molecular weight excluding hydrogens is 666 g/mol. The van der Waals surface area contributed by atoms with Crippen LogP contribution < -0.4 is 20.7 Å². The third-order valence-electron chi connectivity index (χ3n) is 8.48. The summed E-state index contributed by atoms with van der Waals surface area (Å²) in [6.07, 6.45) is -4.62. The Morgan fingerprint density at radius 1 is 0.938 bits per heavy atom. The molecule has 0 saturated carbocycles. The number of carbonyl (C=O) groups excluding carboxylic acids is 2. The predicted octanol–water partition coefficient (Wildman–Crippen LogP) is 6.08. The number of nitrogens with zero attached hydrogens (tertiary/aromatic N) is 2. The van der Waals surface area contributed by atoms with Gasteiger partial charge in [-0.25, -0.2) is 0 Å². The van der Waals surface area contributed by atoms with Crippen molar-refractivity contribution in [3.05, 3.63) is 111 Å². The van der Waals surface area contributed by atoms with E-state index in [-0.39, 0.29) is 36.3 Å². The SMILES string of the molecule is C=C(C)CNC(=O)CN1CCN(C(=O)C2(c3ccc(C(F)(F)F)cc3OCC)NC(c3ccc(Cl)cc3)C(c3ccc(Cl)cc3)N2)CC1. The van der Waals surface area contributed by atoms with Crippen molar-refractivity contribution < 1.29 is 27.5 Å². The molecule has 2 heterocycles. The van der Waals surface area contributed by atoms with Gasteiger partial charge in [0.05, 0.1) is 30.8 Å². The van der Waals surface area contributed by atoms with Gasteiger partial charge >= 0.3 is 6.18 Å². The van der Waals surface area contributed by atoms with Gasteiger partial charge in [-0.1, -0.05) is 65.7 Å². The van der Waals surface area contributed by atoms with Crippen molar-refractivity contribution in [2.45, 2.75) is 37.8 Å². The highest BCUT2D eigenvalue weighted by Gasteiger charge is 2.55. The second-order valence-electron chi connectivity index (χ2n) is 12.0. The molecule has 0 aromatic heterocycles. The van der Waals surface area contributed by atoms with Gasteiger partial charge in [-0.05, 0) is 61.4 Å².